The summed E-state index contributed by atoms with van der Waals surface area (Å²) in [4.78, 5) is 22.7. The van der Waals surface area contributed by atoms with Crippen LogP contribution in [0.25, 0.3) is 0 Å². The minimum atomic E-state index is -0.977. The lowest BCUT2D eigenvalue weighted by molar-refractivity contribution is -0.139. The third kappa shape index (κ3) is 12.2. The predicted octanol–water partition coefficient (Wildman–Crippen LogP) is 3.54. The quantitative estimate of drug-likeness (QED) is 0.482. The van der Waals surface area contributed by atoms with Gasteiger partial charge in [0.15, 0.2) is 0 Å². The number of unbranched alkanes of at least 4 members (excludes halogenated alkanes) is 6. The Labute approximate surface area is 128 Å². The van der Waals surface area contributed by atoms with Gasteiger partial charge in [-0.3, -0.25) is 0 Å². The van der Waals surface area contributed by atoms with Crippen molar-refractivity contribution in [3.63, 3.8) is 0 Å². The van der Waals surface area contributed by atoms with Gasteiger partial charge in [-0.05, 0) is 18.8 Å². The summed E-state index contributed by atoms with van der Waals surface area (Å²) in [5.41, 5.74) is 0. The second kappa shape index (κ2) is 12.5. The molecule has 1 unspecified atom stereocenters. The molecule has 2 amide bonds. The van der Waals surface area contributed by atoms with Crippen molar-refractivity contribution in [1.29, 1.82) is 0 Å². The lowest BCUT2D eigenvalue weighted by Crippen LogP contribution is -2.46. The second-order valence-corrected chi connectivity index (χ2v) is 6.04. The number of carboxylic acids is 1. The summed E-state index contributed by atoms with van der Waals surface area (Å²) in [6.07, 6.45) is 8.81. The summed E-state index contributed by atoms with van der Waals surface area (Å²) in [5.74, 6) is -0.746. The molecule has 5 heteroatoms. The van der Waals surface area contributed by atoms with Crippen molar-refractivity contribution in [3.05, 3.63) is 0 Å². The van der Waals surface area contributed by atoms with Crippen molar-refractivity contribution in [2.45, 2.75) is 78.2 Å². The molecule has 0 saturated heterocycles. The number of carbonyl (C=O) groups excluding carboxylic acids is 1. The van der Waals surface area contributed by atoms with Crippen LogP contribution >= 0.6 is 0 Å². The summed E-state index contributed by atoms with van der Waals surface area (Å²) >= 11 is 0. The van der Waals surface area contributed by atoms with Crippen molar-refractivity contribution in [3.8, 4) is 0 Å². The van der Waals surface area contributed by atoms with Crippen molar-refractivity contribution in [2.75, 3.05) is 6.54 Å². The van der Waals surface area contributed by atoms with E-state index in [1.165, 1.54) is 32.1 Å². The van der Waals surface area contributed by atoms with Gasteiger partial charge in [-0.15, -0.1) is 0 Å². The molecule has 0 saturated carbocycles. The SMILES string of the molecule is CCCCCCCCCNC(=O)NC(CC(C)C)C(=O)O. The van der Waals surface area contributed by atoms with Gasteiger partial charge in [-0.25, -0.2) is 9.59 Å². The van der Waals surface area contributed by atoms with Gasteiger partial charge >= 0.3 is 12.0 Å². The van der Waals surface area contributed by atoms with E-state index in [1.807, 2.05) is 13.8 Å². The molecule has 0 aliphatic heterocycles. The lowest BCUT2D eigenvalue weighted by Gasteiger charge is -2.16. The first-order valence-corrected chi connectivity index (χ1v) is 8.24. The van der Waals surface area contributed by atoms with Crippen LogP contribution in [0.3, 0.4) is 0 Å². The van der Waals surface area contributed by atoms with E-state index >= 15 is 0 Å². The van der Waals surface area contributed by atoms with Crippen LogP contribution in [0.15, 0.2) is 0 Å². The van der Waals surface area contributed by atoms with Gasteiger partial charge < -0.3 is 15.7 Å². The number of hydrogen-bond donors (Lipinski definition) is 3. The van der Waals surface area contributed by atoms with Crippen LogP contribution in [0.2, 0.25) is 0 Å². The van der Waals surface area contributed by atoms with E-state index in [2.05, 4.69) is 17.6 Å². The lowest BCUT2D eigenvalue weighted by atomic mass is 10.0. The van der Waals surface area contributed by atoms with Gasteiger partial charge in [-0.1, -0.05) is 59.3 Å². The average molecular weight is 300 g/mol. The van der Waals surface area contributed by atoms with Crippen LogP contribution in [0.4, 0.5) is 4.79 Å². The largest absolute Gasteiger partial charge is 0.480 e. The van der Waals surface area contributed by atoms with E-state index in [0.717, 1.165) is 12.8 Å². The van der Waals surface area contributed by atoms with Gasteiger partial charge in [0, 0.05) is 6.54 Å². The van der Waals surface area contributed by atoms with Gasteiger partial charge in [0.25, 0.3) is 0 Å². The van der Waals surface area contributed by atoms with Gasteiger partial charge in [-0.2, -0.15) is 0 Å². The van der Waals surface area contributed by atoms with E-state index in [0.29, 0.717) is 13.0 Å². The minimum Gasteiger partial charge on any atom is -0.480 e. The molecule has 0 bridgehead atoms. The van der Waals surface area contributed by atoms with Gasteiger partial charge in [0.2, 0.25) is 0 Å². The molecule has 21 heavy (non-hydrogen) atoms. The minimum absolute atomic E-state index is 0.231. The molecule has 0 aliphatic rings. The third-order valence-electron chi connectivity index (χ3n) is 3.38. The molecule has 0 aromatic carbocycles. The summed E-state index contributed by atoms with van der Waals surface area (Å²) in [7, 11) is 0. The Morgan fingerprint density at radius 2 is 1.57 bits per heavy atom. The maximum absolute atomic E-state index is 11.6. The van der Waals surface area contributed by atoms with E-state index in [9.17, 15) is 9.59 Å². The van der Waals surface area contributed by atoms with Crippen molar-refractivity contribution in [2.24, 2.45) is 5.92 Å². The fraction of sp³-hybridized carbons (Fsp3) is 0.875. The highest BCUT2D eigenvalue weighted by Crippen LogP contribution is 2.06. The number of aliphatic carboxylic acids is 1. The fourth-order valence-electron chi connectivity index (χ4n) is 2.19. The Bertz CT molecular complexity index is 293. The highest BCUT2D eigenvalue weighted by atomic mass is 16.4. The topological polar surface area (TPSA) is 78.4 Å². The molecule has 0 aromatic heterocycles. The summed E-state index contributed by atoms with van der Waals surface area (Å²) in [6.45, 7) is 6.68. The Morgan fingerprint density at radius 3 is 2.10 bits per heavy atom. The van der Waals surface area contributed by atoms with Gasteiger partial charge in [0.1, 0.15) is 6.04 Å². The molecule has 124 valence electrons. The van der Waals surface area contributed by atoms with Crippen LogP contribution < -0.4 is 10.6 Å². The monoisotopic (exact) mass is 300 g/mol. The first kappa shape index (κ1) is 19.7. The van der Waals surface area contributed by atoms with Crippen LogP contribution in [-0.4, -0.2) is 29.7 Å². The Kier molecular flexibility index (Phi) is 11.7. The van der Waals surface area contributed by atoms with Crippen LogP contribution in [0.5, 0.6) is 0 Å². The highest BCUT2D eigenvalue weighted by molar-refractivity contribution is 5.82. The van der Waals surface area contributed by atoms with Crippen molar-refractivity contribution < 1.29 is 14.7 Å². The van der Waals surface area contributed by atoms with E-state index in [-0.39, 0.29) is 11.9 Å². The number of amides is 2. The number of carboxylic acid groups (broad SMARTS) is 1. The molecule has 0 radical (unpaired) electrons. The molecular weight excluding hydrogens is 268 g/mol. The molecular formula is C16H32N2O3. The summed E-state index contributed by atoms with van der Waals surface area (Å²) < 4.78 is 0. The third-order valence-corrected chi connectivity index (χ3v) is 3.38. The zero-order chi connectivity index (χ0) is 16.1. The van der Waals surface area contributed by atoms with Crippen LogP contribution in [-0.2, 0) is 4.79 Å². The summed E-state index contributed by atoms with van der Waals surface area (Å²) in [5, 5.41) is 14.3. The number of rotatable bonds is 12. The molecule has 0 aliphatic carbocycles. The smallest absolute Gasteiger partial charge is 0.326 e. The number of hydrogen-bond acceptors (Lipinski definition) is 2. The Balaban J connectivity index is 3.66. The molecule has 0 fully saturated rings. The number of urea groups is 1. The maximum atomic E-state index is 11.6. The molecule has 0 rings (SSSR count). The average Bonchev–Trinajstić information content (AvgIpc) is 2.40. The van der Waals surface area contributed by atoms with E-state index < -0.39 is 12.0 Å². The van der Waals surface area contributed by atoms with Crippen LogP contribution in [0.1, 0.15) is 72.1 Å². The van der Waals surface area contributed by atoms with E-state index in [1.54, 1.807) is 0 Å². The standard InChI is InChI=1S/C16H32N2O3/c1-4-5-6-7-8-9-10-11-17-16(21)18-14(15(19)20)12-13(2)3/h13-14H,4-12H2,1-3H3,(H,19,20)(H2,17,18,21). The summed E-state index contributed by atoms with van der Waals surface area (Å²) in [6, 6.07) is -1.19. The van der Waals surface area contributed by atoms with Crippen LogP contribution in [0, 0.1) is 5.92 Å². The van der Waals surface area contributed by atoms with Gasteiger partial charge in [0.05, 0.1) is 0 Å². The Morgan fingerprint density at radius 1 is 1.00 bits per heavy atom. The fourth-order valence-corrected chi connectivity index (χ4v) is 2.19. The molecule has 0 aromatic rings. The zero-order valence-corrected chi connectivity index (χ0v) is 13.8. The molecule has 0 heterocycles. The Hall–Kier alpha value is -1.26. The molecule has 0 spiro atoms. The highest BCUT2D eigenvalue weighted by Gasteiger charge is 2.20. The second-order valence-electron chi connectivity index (χ2n) is 6.04. The van der Waals surface area contributed by atoms with Crippen molar-refractivity contribution in [1.82, 2.24) is 10.6 Å². The first-order chi connectivity index (χ1) is 9.97. The predicted molar refractivity (Wildman–Crippen MR) is 85.4 cm³/mol. The zero-order valence-electron chi connectivity index (χ0n) is 13.8. The maximum Gasteiger partial charge on any atom is 0.326 e. The normalized spacial score (nSPS) is 12.2. The molecule has 5 nitrogen and oxygen atoms in total. The molecule has 3 N–H and O–H groups in total. The first-order valence-electron chi connectivity index (χ1n) is 8.24. The number of carbonyl (C=O) groups is 2. The number of nitrogens with one attached hydrogen (secondary N) is 2. The molecule has 1 atom stereocenters. The van der Waals surface area contributed by atoms with Crippen molar-refractivity contribution >= 4 is 12.0 Å². The van der Waals surface area contributed by atoms with E-state index in [4.69, 9.17) is 5.11 Å².